The Morgan fingerprint density at radius 2 is 0.836 bits per heavy atom. The van der Waals surface area contributed by atoms with E-state index >= 15 is 0 Å². The summed E-state index contributed by atoms with van der Waals surface area (Å²) in [7, 11) is 0. The summed E-state index contributed by atoms with van der Waals surface area (Å²) in [6, 6.07) is -0.715. The number of carbonyl (C=O) groups excluding carboxylic acids is 2. The molecule has 0 rings (SSSR count). The normalized spacial score (nSPS) is 13.6. The minimum Gasteiger partial charge on any atom is -0.462 e. The van der Waals surface area contributed by atoms with Gasteiger partial charge in [0.15, 0.2) is 0 Å². The molecule has 3 unspecified atom stereocenters. The van der Waals surface area contributed by atoms with Gasteiger partial charge in [-0.25, -0.2) is 0 Å². The standard InChI is InChI=1S/C55H101NO5/c1-4-7-10-13-16-19-22-25-27-29-31-34-37-40-43-46-51(61-55(60)48-45-42-39-36-33-24-21-18-15-12-9-6-3)49-54(59)56-52(50-57)53(58)47-44-41-38-35-32-30-28-26-23-20-17-14-11-8-5-2/h16,18-19,21,25,27,31,34,51-53,57-58H,4-15,17,20,22-24,26,28-30,32-33,35-50H2,1-3H3,(H,56,59)/b19-16-,21-18-,27-25-,34-31-. The second kappa shape index (κ2) is 48.8. The fourth-order valence-electron chi connectivity index (χ4n) is 7.84. The molecule has 0 saturated carbocycles. The highest BCUT2D eigenvalue weighted by Crippen LogP contribution is 2.17. The molecule has 0 aromatic carbocycles. The first-order valence-electron chi connectivity index (χ1n) is 26.4. The third-order valence-corrected chi connectivity index (χ3v) is 11.9. The molecule has 0 bridgehead atoms. The van der Waals surface area contributed by atoms with Crippen LogP contribution in [-0.2, 0) is 14.3 Å². The topological polar surface area (TPSA) is 95.9 Å². The van der Waals surface area contributed by atoms with Crippen LogP contribution in [0.1, 0.15) is 265 Å². The molecule has 6 nitrogen and oxygen atoms in total. The van der Waals surface area contributed by atoms with Crippen molar-refractivity contribution in [3.05, 3.63) is 48.6 Å². The number of esters is 1. The van der Waals surface area contributed by atoms with Gasteiger partial charge in [0, 0.05) is 6.42 Å². The Bertz CT molecular complexity index is 1050. The van der Waals surface area contributed by atoms with Crippen LogP contribution in [0.2, 0.25) is 0 Å². The van der Waals surface area contributed by atoms with Crippen LogP contribution in [0, 0.1) is 0 Å². The second-order valence-electron chi connectivity index (χ2n) is 17.9. The first-order valence-corrected chi connectivity index (χ1v) is 26.4. The van der Waals surface area contributed by atoms with Gasteiger partial charge in [0.05, 0.1) is 25.2 Å². The van der Waals surface area contributed by atoms with Gasteiger partial charge in [-0.3, -0.25) is 9.59 Å². The number of aliphatic hydroxyl groups excluding tert-OH is 2. The van der Waals surface area contributed by atoms with Crippen molar-refractivity contribution in [2.75, 3.05) is 6.61 Å². The summed E-state index contributed by atoms with van der Waals surface area (Å²) in [6.07, 6.45) is 58.8. The SMILES string of the molecule is CCCCC/C=C\C/C=C\C/C=C\CCCCC(CC(=O)NC(CO)C(O)CCCCCCCCCCCCCCCCC)OC(=O)CCCCCCC/C=C\CCCCC. The fourth-order valence-corrected chi connectivity index (χ4v) is 7.84. The third-order valence-electron chi connectivity index (χ3n) is 11.9. The van der Waals surface area contributed by atoms with Crippen LogP contribution in [0.3, 0.4) is 0 Å². The van der Waals surface area contributed by atoms with Crippen LogP contribution in [-0.4, -0.2) is 46.9 Å². The van der Waals surface area contributed by atoms with E-state index in [2.05, 4.69) is 74.7 Å². The van der Waals surface area contributed by atoms with Crippen molar-refractivity contribution in [1.29, 1.82) is 0 Å². The molecule has 0 heterocycles. The highest BCUT2D eigenvalue weighted by molar-refractivity contribution is 5.77. The Kier molecular flexibility index (Phi) is 47.1. The molecule has 61 heavy (non-hydrogen) atoms. The van der Waals surface area contributed by atoms with Crippen LogP contribution >= 0.6 is 0 Å². The summed E-state index contributed by atoms with van der Waals surface area (Å²) in [5.41, 5.74) is 0. The van der Waals surface area contributed by atoms with Gasteiger partial charge in [-0.1, -0.05) is 211 Å². The number of aliphatic hydroxyl groups is 2. The number of allylic oxidation sites excluding steroid dienone is 8. The van der Waals surface area contributed by atoms with E-state index < -0.39 is 18.2 Å². The Labute approximate surface area is 378 Å². The maximum absolute atomic E-state index is 13.2. The molecule has 3 atom stereocenters. The minimum absolute atomic E-state index is 0.0492. The average Bonchev–Trinajstić information content (AvgIpc) is 3.25. The van der Waals surface area contributed by atoms with Gasteiger partial charge < -0.3 is 20.3 Å². The Morgan fingerprint density at radius 1 is 0.475 bits per heavy atom. The zero-order valence-electron chi connectivity index (χ0n) is 40.5. The first-order chi connectivity index (χ1) is 30.0. The lowest BCUT2D eigenvalue weighted by Gasteiger charge is -2.24. The summed E-state index contributed by atoms with van der Waals surface area (Å²) < 4.78 is 5.91. The number of carbonyl (C=O) groups is 2. The van der Waals surface area contributed by atoms with Gasteiger partial charge in [0.2, 0.25) is 5.91 Å². The highest BCUT2D eigenvalue weighted by Gasteiger charge is 2.24. The Hall–Kier alpha value is -2.18. The lowest BCUT2D eigenvalue weighted by molar-refractivity contribution is -0.151. The van der Waals surface area contributed by atoms with E-state index in [-0.39, 0.29) is 24.9 Å². The minimum atomic E-state index is -0.799. The van der Waals surface area contributed by atoms with E-state index in [1.54, 1.807) is 0 Å². The van der Waals surface area contributed by atoms with Gasteiger partial charge in [0.1, 0.15) is 6.10 Å². The van der Waals surface area contributed by atoms with Crippen LogP contribution in [0.4, 0.5) is 0 Å². The smallest absolute Gasteiger partial charge is 0.306 e. The summed E-state index contributed by atoms with van der Waals surface area (Å²) in [4.78, 5) is 26.1. The molecular weight excluding hydrogens is 755 g/mol. The van der Waals surface area contributed by atoms with E-state index in [9.17, 15) is 19.8 Å². The number of hydrogen-bond donors (Lipinski definition) is 3. The fraction of sp³-hybridized carbons (Fsp3) is 0.818. The lowest BCUT2D eigenvalue weighted by Crippen LogP contribution is -2.46. The average molecular weight is 856 g/mol. The van der Waals surface area contributed by atoms with Crippen LogP contribution in [0.15, 0.2) is 48.6 Å². The summed E-state index contributed by atoms with van der Waals surface area (Å²) in [5, 5.41) is 23.8. The van der Waals surface area contributed by atoms with E-state index in [1.807, 2.05) is 0 Å². The Morgan fingerprint density at radius 3 is 1.33 bits per heavy atom. The summed E-state index contributed by atoms with van der Waals surface area (Å²) >= 11 is 0. The molecule has 0 radical (unpaired) electrons. The summed E-state index contributed by atoms with van der Waals surface area (Å²) in [5.74, 6) is -0.517. The molecule has 6 heteroatoms. The number of hydrogen-bond acceptors (Lipinski definition) is 5. The van der Waals surface area contributed by atoms with Crippen molar-refractivity contribution < 1.29 is 24.5 Å². The largest absolute Gasteiger partial charge is 0.462 e. The number of ether oxygens (including phenoxy) is 1. The lowest BCUT2D eigenvalue weighted by atomic mass is 10.0. The number of amides is 1. The van der Waals surface area contributed by atoms with Crippen molar-refractivity contribution in [3.8, 4) is 0 Å². The van der Waals surface area contributed by atoms with Gasteiger partial charge in [0.25, 0.3) is 0 Å². The summed E-state index contributed by atoms with van der Waals surface area (Å²) in [6.45, 7) is 6.43. The highest BCUT2D eigenvalue weighted by atomic mass is 16.5. The number of rotatable bonds is 47. The molecule has 0 spiro atoms. The molecule has 0 aliphatic heterocycles. The van der Waals surface area contributed by atoms with Crippen LogP contribution in [0.5, 0.6) is 0 Å². The molecule has 0 aromatic rings. The molecule has 0 aliphatic carbocycles. The predicted octanol–water partition coefficient (Wildman–Crippen LogP) is 15.8. The quantitative estimate of drug-likeness (QED) is 0.0322. The monoisotopic (exact) mass is 856 g/mol. The third kappa shape index (κ3) is 44.2. The van der Waals surface area contributed by atoms with E-state index in [0.29, 0.717) is 19.3 Å². The van der Waals surface area contributed by atoms with Gasteiger partial charge in [-0.05, 0) is 89.9 Å². The molecule has 0 aromatic heterocycles. The number of nitrogens with one attached hydrogen (secondary N) is 1. The molecule has 0 aliphatic rings. The van der Waals surface area contributed by atoms with Crippen molar-refractivity contribution in [2.45, 2.75) is 283 Å². The van der Waals surface area contributed by atoms with Crippen LogP contribution < -0.4 is 5.32 Å². The van der Waals surface area contributed by atoms with Gasteiger partial charge in [-0.2, -0.15) is 0 Å². The second-order valence-corrected chi connectivity index (χ2v) is 17.9. The van der Waals surface area contributed by atoms with Gasteiger partial charge >= 0.3 is 5.97 Å². The molecule has 3 N–H and O–H groups in total. The molecule has 0 fully saturated rings. The van der Waals surface area contributed by atoms with E-state index in [4.69, 9.17) is 4.74 Å². The number of unbranched alkanes of at least 4 members (excludes halogenated alkanes) is 27. The van der Waals surface area contributed by atoms with E-state index in [1.165, 1.54) is 141 Å². The first kappa shape index (κ1) is 58.8. The zero-order chi connectivity index (χ0) is 44.5. The predicted molar refractivity (Wildman–Crippen MR) is 264 cm³/mol. The van der Waals surface area contributed by atoms with E-state index in [0.717, 1.165) is 77.0 Å². The molecular formula is C55H101NO5. The van der Waals surface area contributed by atoms with Crippen molar-refractivity contribution in [3.63, 3.8) is 0 Å². The molecule has 356 valence electrons. The maximum Gasteiger partial charge on any atom is 0.306 e. The van der Waals surface area contributed by atoms with Crippen molar-refractivity contribution >= 4 is 11.9 Å². The Balaban J connectivity index is 4.62. The van der Waals surface area contributed by atoms with Gasteiger partial charge in [-0.15, -0.1) is 0 Å². The zero-order valence-corrected chi connectivity index (χ0v) is 40.5. The van der Waals surface area contributed by atoms with Crippen molar-refractivity contribution in [2.24, 2.45) is 0 Å². The molecule has 0 saturated heterocycles. The molecule has 1 amide bonds. The van der Waals surface area contributed by atoms with Crippen molar-refractivity contribution in [1.82, 2.24) is 5.32 Å². The maximum atomic E-state index is 13.2. The van der Waals surface area contributed by atoms with Crippen LogP contribution in [0.25, 0.3) is 0 Å².